The van der Waals surface area contributed by atoms with Crippen molar-refractivity contribution in [2.24, 2.45) is 0 Å². The van der Waals surface area contributed by atoms with Gasteiger partial charge < -0.3 is 9.57 Å². The zero-order valence-electron chi connectivity index (χ0n) is 11.2. The molecule has 0 bridgehead atoms. The van der Waals surface area contributed by atoms with E-state index in [1.54, 1.807) is 30.0 Å². The van der Waals surface area contributed by atoms with Crippen LogP contribution >= 0.6 is 0 Å². The molecule has 0 saturated heterocycles. The highest BCUT2D eigenvalue weighted by molar-refractivity contribution is 5.57. The number of nitrogens with one attached hydrogen (secondary N) is 1. The summed E-state index contributed by atoms with van der Waals surface area (Å²) in [6.07, 6.45) is 3.28. The lowest BCUT2D eigenvalue weighted by molar-refractivity contribution is 0.385. The van der Waals surface area contributed by atoms with Gasteiger partial charge in [-0.25, -0.2) is 15.0 Å². The fourth-order valence-corrected chi connectivity index (χ4v) is 1.88. The van der Waals surface area contributed by atoms with Crippen molar-refractivity contribution in [2.45, 2.75) is 6.92 Å². The summed E-state index contributed by atoms with van der Waals surface area (Å²) >= 11 is 0. The summed E-state index contributed by atoms with van der Waals surface area (Å²) in [7, 11) is 1.62. The molecule has 0 unspecified atom stereocenters. The summed E-state index contributed by atoms with van der Waals surface area (Å²) in [6.45, 7) is 2.01. The molecule has 20 heavy (non-hydrogen) atoms. The highest BCUT2D eigenvalue weighted by Gasteiger charge is 2.04. The Morgan fingerprint density at radius 3 is 2.95 bits per heavy atom. The van der Waals surface area contributed by atoms with Crippen LogP contribution in [-0.4, -0.2) is 21.7 Å². The van der Waals surface area contributed by atoms with Gasteiger partial charge in [0.25, 0.3) is 0 Å². The highest BCUT2D eigenvalue weighted by Crippen LogP contribution is 2.25. The van der Waals surface area contributed by atoms with Crippen LogP contribution in [-0.2, 0) is 0 Å². The maximum Gasteiger partial charge on any atom is 0.160 e. The van der Waals surface area contributed by atoms with Gasteiger partial charge in [-0.3, -0.25) is 0 Å². The molecular weight excluding hydrogens is 256 g/mol. The topological polar surface area (TPSA) is 60.7 Å². The van der Waals surface area contributed by atoms with Crippen LogP contribution < -0.4 is 15.1 Å². The average molecular weight is 270 g/mol. The smallest absolute Gasteiger partial charge is 0.160 e. The van der Waals surface area contributed by atoms with E-state index in [-0.39, 0.29) is 0 Å². The molecule has 2 aromatic heterocycles. The lowest BCUT2D eigenvalue weighted by Crippen LogP contribution is -2.06. The largest absolute Gasteiger partial charge is 0.494 e. The molecule has 0 amide bonds. The molecular formula is C14H14N4O2. The third kappa shape index (κ3) is 2.35. The number of hydrogen-bond donors (Lipinski definition) is 1. The van der Waals surface area contributed by atoms with Crippen molar-refractivity contribution in [3.63, 3.8) is 0 Å². The van der Waals surface area contributed by atoms with Gasteiger partial charge >= 0.3 is 0 Å². The van der Waals surface area contributed by atoms with Gasteiger partial charge in [0.2, 0.25) is 0 Å². The number of aryl methyl sites for hydroxylation is 1. The lowest BCUT2D eigenvalue weighted by Gasteiger charge is -2.12. The molecule has 0 aliphatic carbocycles. The van der Waals surface area contributed by atoms with Gasteiger partial charge in [0.1, 0.15) is 17.8 Å². The fraction of sp³-hybridized carbons (Fsp3) is 0.143. The monoisotopic (exact) mass is 270 g/mol. The van der Waals surface area contributed by atoms with Gasteiger partial charge in [0.15, 0.2) is 11.4 Å². The van der Waals surface area contributed by atoms with Gasteiger partial charge in [0.05, 0.1) is 7.11 Å². The van der Waals surface area contributed by atoms with Crippen LogP contribution in [0, 0.1) is 6.92 Å². The second-order valence-electron chi connectivity index (χ2n) is 4.33. The van der Waals surface area contributed by atoms with Crippen molar-refractivity contribution in [3.05, 3.63) is 48.4 Å². The number of ether oxygens (including phenoxy) is 1. The molecule has 3 rings (SSSR count). The predicted octanol–water partition coefficient (Wildman–Crippen LogP) is 2.45. The normalized spacial score (nSPS) is 10.5. The predicted molar refractivity (Wildman–Crippen MR) is 75.0 cm³/mol. The summed E-state index contributed by atoms with van der Waals surface area (Å²) in [5.41, 5.74) is 5.51. The van der Waals surface area contributed by atoms with E-state index in [2.05, 4.69) is 15.6 Å². The van der Waals surface area contributed by atoms with Crippen LogP contribution in [0.25, 0.3) is 5.65 Å². The molecule has 2 heterocycles. The van der Waals surface area contributed by atoms with Gasteiger partial charge in [-0.1, -0.05) is 6.07 Å². The van der Waals surface area contributed by atoms with Gasteiger partial charge in [0, 0.05) is 18.3 Å². The third-order valence-electron chi connectivity index (χ3n) is 2.89. The SMILES string of the molecule is COc1ccc(C)cc1NOc1ccn2ncnc2c1. The summed E-state index contributed by atoms with van der Waals surface area (Å²) in [5, 5.41) is 4.03. The molecule has 1 N–H and O–H groups in total. The average Bonchev–Trinajstić information content (AvgIpc) is 2.92. The first-order valence-corrected chi connectivity index (χ1v) is 6.13. The molecule has 102 valence electrons. The number of anilines is 1. The summed E-state index contributed by atoms with van der Waals surface area (Å²) in [4.78, 5) is 9.66. The van der Waals surface area contributed by atoms with Crippen molar-refractivity contribution >= 4 is 11.3 Å². The number of aromatic nitrogens is 3. The molecule has 0 saturated carbocycles. The molecule has 3 aromatic rings. The number of fused-ring (bicyclic) bond motifs is 1. The number of methoxy groups -OCH3 is 1. The number of benzene rings is 1. The Hall–Kier alpha value is -2.76. The molecule has 0 fully saturated rings. The van der Waals surface area contributed by atoms with Crippen LogP contribution in [0.15, 0.2) is 42.9 Å². The number of hydrogen-bond acceptors (Lipinski definition) is 5. The zero-order valence-corrected chi connectivity index (χ0v) is 11.2. The Morgan fingerprint density at radius 1 is 1.20 bits per heavy atom. The first kappa shape index (κ1) is 12.3. The third-order valence-corrected chi connectivity index (χ3v) is 2.89. The van der Waals surface area contributed by atoms with E-state index in [1.807, 2.05) is 25.1 Å². The lowest BCUT2D eigenvalue weighted by atomic mass is 10.2. The first-order chi connectivity index (χ1) is 9.76. The van der Waals surface area contributed by atoms with E-state index in [9.17, 15) is 0 Å². The number of rotatable bonds is 4. The van der Waals surface area contributed by atoms with Crippen molar-refractivity contribution < 1.29 is 9.57 Å². The Kier molecular flexibility index (Phi) is 3.12. The molecule has 1 aromatic carbocycles. The van der Waals surface area contributed by atoms with Gasteiger partial charge in [-0.05, 0) is 24.6 Å². The quantitative estimate of drug-likeness (QED) is 0.738. The van der Waals surface area contributed by atoms with Crippen LogP contribution in [0.5, 0.6) is 11.5 Å². The number of pyridine rings is 1. The van der Waals surface area contributed by atoms with Crippen molar-refractivity contribution in [3.8, 4) is 11.5 Å². The summed E-state index contributed by atoms with van der Waals surface area (Å²) < 4.78 is 6.94. The number of nitrogens with zero attached hydrogens (tertiary/aromatic N) is 3. The van der Waals surface area contributed by atoms with Crippen LogP contribution in [0.2, 0.25) is 0 Å². The molecule has 0 radical (unpaired) electrons. The Labute approximate surface area is 115 Å². The molecule has 0 aliphatic rings. The Morgan fingerprint density at radius 2 is 2.10 bits per heavy atom. The highest BCUT2D eigenvalue weighted by atomic mass is 16.6. The second-order valence-corrected chi connectivity index (χ2v) is 4.33. The van der Waals surface area contributed by atoms with Crippen molar-refractivity contribution in [1.29, 1.82) is 0 Å². The first-order valence-electron chi connectivity index (χ1n) is 6.13. The molecule has 0 aliphatic heterocycles. The van der Waals surface area contributed by atoms with Crippen molar-refractivity contribution in [1.82, 2.24) is 14.6 Å². The minimum absolute atomic E-state index is 0.647. The minimum atomic E-state index is 0.647. The van der Waals surface area contributed by atoms with Gasteiger partial charge in [-0.15, -0.1) is 0 Å². The van der Waals surface area contributed by atoms with Gasteiger partial charge in [-0.2, -0.15) is 5.10 Å². The maximum atomic E-state index is 5.56. The van der Waals surface area contributed by atoms with E-state index in [0.717, 1.165) is 22.6 Å². The van der Waals surface area contributed by atoms with E-state index in [4.69, 9.17) is 9.57 Å². The summed E-state index contributed by atoms with van der Waals surface area (Å²) in [6, 6.07) is 9.42. The second kappa shape index (κ2) is 5.08. The van der Waals surface area contributed by atoms with E-state index < -0.39 is 0 Å². The minimum Gasteiger partial charge on any atom is -0.494 e. The Balaban J connectivity index is 1.80. The van der Waals surface area contributed by atoms with Crippen molar-refractivity contribution in [2.75, 3.05) is 12.6 Å². The fourth-order valence-electron chi connectivity index (χ4n) is 1.88. The molecule has 0 spiro atoms. The molecule has 0 atom stereocenters. The zero-order chi connectivity index (χ0) is 13.9. The van der Waals surface area contributed by atoms with Crippen LogP contribution in [0.1, 0.15) is 5.56 Å². The molecule has 6 heteroatoms. The van der Waals surface area contributed by atoms with E-state index in [0.29, 0.717) is 5.75 Å². The maximum absolute atomic E-state index is 5.56. The Bertz CT molecular complexity index is 739. The van der Waals surface area contributed by atoms with Crippen LogP contribution in [0.4, 0.5) is 5.69 Å². The van der Waals surface area contributed by atoms with Crippen LogP contribution in [0.3, 0.4) is 0 Å². The summed E-state index contributed by atoms with van der Waals surface area (Å²) in [5.74, 6) is 1.37. The van der Waals surface area contributed by atoms with E-state index in [1.165, 1.54) is 6.33 Å². The molecule has 6 nitrogen and oxygen atoms in total. The standard InChI is InChI=1S/C14H14N4O2/c1-10-3-4-13(19-2)12(7-10)17-20-11-5-6-18-14(8-11)15-9-16-18/h3-9,17H,1-2H3. The van der Waals surface area contributed by atoms with E-state index >= 15 is 0 Å².